The van der Waals surface area contributed by atoms with Crippen molar-refractivity contribution in [1.82, 2.24) is 25.4 Å². The Bertz CT molecular complexity index is 526. The van der Waals surface area contributed by atoms with Crippen LogP contribution in [0, 0.1) is 5.92 Å². The zero-order chi connectivity index (χ0) is 18.5. The van der Waals surface area contributed by atoms with E-state index in [-0.39, 0.29) is 24.0 Å². The topological polar surface area (TPSA) is 67.1 Å². The molecule has 1 aromatic heterocycles. The van der Waals surface area contributed by atoms with Crippen molar-refractivity contribution >= 4 is 29.9 Å². The van der Waals surface area contributed by atoms with E-state index in [1.165, 1.54) is 25.7 Å². The molecule has 150 valence electrons. The summed E-state index contributed by atoms with van der Waals surface area (Å²) in [7, 11) is 0. The summed E-state index contributed by atoms with van der Waals surface area (Å²) >= 11 is 0. The molecule has 7 heteroatoms. The smallest absolute Gasteiger partial charge is 0.191 e. The van der Waals surface area contributed by atoms with Gasteiger partial charge in [0.05, 0.1) is 0 Å². The molecule has 26 heavy (non-hydrogen) atoms. The van der Waals surface area contributed by atoms with Crippen molar-refractivity contribution in [2.75, 3.05) is 19.6 Å². The van der Waals surface area contributed by atoms with Gasteiger partial charge in [-0.15, -0.1) is 34.2 Å². The molecule has 0 aliphatic rings. The van der Waals surface area contributed by atoms with Crippen molar-refractivity contribution in [3.8, 4) is 0 Å². The highest BCUT2D eigenvalue weighted by Gasteiger charge is 2.07. The summed E-state index contributed by atoms with van der Waals surface area (Å²) in [4.78, 5) is 4.79. The SMILES string of the molecule is C=C(C)CNC(=NCC(CC)CCCC)NCCn1cnnc1CC.I. The molecule has 0 fully saturated rings. The second-order valence-electron chi connectivity index (χ2n) is 6.64. The summed E-state index contributed by atoms with van der Waals surface area (Å²) in [5.41, 5.74) is 1.10. The zero-order valence-corrected chi connectivity index (χ0v) is 19.3. The molecular weight excluding hydrogens is 439 g/mol. The van der Waals surface area contributed by atoms with Crippen LogP contribution < -0.4 is 10.6 Å². The van der Waals surface area contributed by atoms with Crippen LogP contribution in [-0.2, 0) is 13.0 Å². The van der Waals surface area contributed by atoms with E-state index < -0.39 is 0 Å². The molecule has 2 N–H and O–H groups in total. The van der Waals surface area contributed by atoms with Gasteiger partial charge >= 0.3 is 0 Å². The molecule has 0 saturated heterocycles. The van der Waals surface area contributed by atoms with Gasteiger partial charge in [-0.2, -0.15) is 0 Å². The van der Waals surface area contributed by atoms with E-state index in [1.807, 2.05) is 6.92 Å². The molecule has 0 aromatic carbocycles. The quantitative estimate of drug-likeness (QED) is 0.209. The standard InChI is InChI=1S/C19H36N6.HI/c1-6-9-10-17(7-2)14-22-19(21-13-16(4)5)20-11-12-25-15-23-24-18(25)8-3;/h15,17H,4,6-14H2,1-3,5H3,(H2,20,21,22);1H. The largest absolute Gasteiger partial charge is 0.355 e. The minimum Gasteiger partial charge on any atom is -0.355 e. The van der Waals surface area contributed by atoms with Crippen LogP contribution in [-0.4, -0.2) is 40.4 Å². The Labute approximate surface area is 176 Å². The highest BCUT2D eigenvalue weighted by Crippen LogP contribution is 2.12. The number of aryl methyl sites for hydroxylation is 1. The Morgan fingerprint density at radius 1 is 1.31 bits per heavy atom. The van der Waals surface area contributed by atoms with E-state index in [9.17, 15) is 0 Å². The number of aliphatic imine (C=N–C) groups is 1. The number of hydrogen-bond acceptors (Lipinski definition) is 3. The van der Waals surface area contributed by atoms with Crippen LogP contribution in [0.2, 0.25) is 0 Å². The first kappa shape index (κ1) is 24.9. The van der Waals surface area contributed by atoms with Crippen LogP contribution >= 0.6 is 24.0 Å². The lowest BCUT2D eigenvalue weighted by Crippen LogP contribution is -2.40. The highest BCUT2D eigenvalue weighted by molar-refractivity contribution is 14.0. The molecule has 0 aliphatic carbocycles. The normalized spacial score (nSPS) is 12.4. The molecule has 0 radical (unpaired) electrons. The maximum absolute atomic E-state index is 4.79. The monoisotopic (exact) mass is 476 g/mol. The first-order valence-electron chi connectivity index (χ1n) is 9.63. The molecule has 1 atom stereocenters. The van der Waals surface area contributed by atoms with E-state index in [0.717, 1.165) is 50.0 Å². The molecular formula is C19H37IN6. The van der Waals surface area contributed by atoms with Gasteiger partial charge in [0.25, 0.3) is 0 Å². The Hall–Kier alpha value is -1.12. The van der Waals surface area contributed by atoms with Crippen molar-refractivity contribution < 1.29 is 0 Å². The van der Waals surface area contributed by atoms with Crippen molar-refractivity contribution in [2.24, 2.45) is 10.9 Å². The van der Waals surface area contributed by atoms with Gasteiger partial charge in [-0.1, -0.05) is 52.2 Å². The average Bonchev–Trinajstić information content (AvgIpc) is 3.06. The van der Waals surface area contributed by atoms with Gasteiger partial charge < -0.3 is 15.2 Å². The highest BCUT2D eigenvalue weighted by atomic mass is 127. The number of halogens is 1. The molecule has 1 unspecified atom stereocenters. The number of guanidine groups is 1. The van der Waals surface area contributed by atoms with Crippen molar-refractivity contribution in [3.63, 3.8) is 0 Å². The van der Waals surface area contributed by atoms with Crippen molar-refractivity contribution in [3.05, 3.63) is 24.3 Å². The van der Waals surface area contributed by atoms with E-state index >= 15 is 0 Å². The summed E-state index contributed by atoms with van der Waals surface area (Å²) in [5.74, 6) is 2.54. The predicted molar refractivity (Wildman–Crippen MR) is 121 cm³/mol. The minimum absolute atomic E-state index is 0. The van der Waals surface area contributed by atoms with Gasteiger partial charge in [-0.3, -0.25) is 4.99 Å². The maximum Gasteiger partial charge on any atom is 0.191 e. The Morgan fingerprint density at radius 2 is 2.08 bits per heavy atom. The lowest BCUT2D eigenvalue weighted by molar-refractivity contribution is 0.461. The van der Waals surface area contributed by atoms with Gasteiger partial charge in [-0.05, 0) is 19.3 Å². The second-order valence-corrected chi connectivity index (χ2v) is 6.64. The number of nitrogens with one attached hydrogen (secondary N) is 2. The zero-order valence-electron chi connectivity index (χ0n) is 16.9. The number of rotatable bonds is 12. The summed E-state index contributed by atoms with van der Waals surface area (Å²) in [6.07, 6.45) is 7.64. The molecule has 1 rings (SSSR count). The van der Waals surface area contributed by atoms with Crippen LogP contribution in [0.3, 0.4) is 0 Å². The summed E-state index contributed by atoms with van der Waals surface area (Å²) in [6, 6.07) is 0. The van der Waals surface area contributed by atoms with Gasteiger partial charge in [0.15, 0.2) is 5.96 Å². The van der Waals surface area contributed by atoms with E-state index in [2.05, 4.69) is 52.7 Å². The van der Waals surface area contributed by atoms with Gasteiger partial charge in [0, 0.05) is 32.6 Å². The number of hydrogen-bond donors (Lipinski definition) is 2. The summed E-state index contributed by atoms with van der Waals surface area (Å²) in [5, 5.41) is 14.9. The fourth-order valence-electron chi connectivity index (χ4n) is 2.58. The molecule has 1 aromatic rings. The lowest BCUT2D eigenvalue weighted by Gasteiger charge is -2.16. The maximum atomic E-state index is 4.79. The Kier molecular flexibility index (Phi) is 14.3. The number of unbranched alkanes of at least 4 members (excludes halogenated alkanes) is 1. The number of nitrogens with zero attached hydrogens (tertiary/aromatic N) is 4. The first-order chi connectivity index (χ1) is 12.1. The molecule has 0 aliphatic heterocycles. The van der Waals surface area contributed by atoms with Crippen LogP contribution in [0.5, 0.6) is 0 Å². The molecule has 6 nitrogen and oxygen atoms in total. The third-order valence-electron chi connectivity index (χ3n) is 4.27. The third kappa shape index (κ3) is 10.1. The van der Waals surface area contributed by atoms with Crippen LogP contribution in [0.25, 0.3) is 0 Å². The average molecular weight is 476 g/mol. The van der Waals surface area contributed by atoms with Crippen LogP contribution in [0.1, 0.15) is 59.2 Å². The predicted octanol–water partition coefficient (Wildman–Crippen LogP) is 3.79. The molecule has 0 bridgehead atoms. The van der Waals surface area contributed by atoms with Crippen LogP contribution in [0.15, 0.2) is 23.5 Å². The molecule has 1 heterocycles. The minimum atomic E-state index is 0. The fraction of sp³-hybridized carbons (Fsp3) is 0.737. The Morgan fingerprint density at radius 3 is 2.69 bits per heavy atom. The third-order valence-corrected chi connectivity index (χ3v) is 4.27. The van der Waals surface area contributed by atoms with E-state index in [4.69, 9.17) is 4.99 Å². The molecule has 0 spiro atoms. The summed E-state index contributed by atoms with van der Waals surface area (Å²) in [6.45, 7) is 15.8. The van der Waals surface area contributed by atoms with Gasteiger partial charge in [-0.25, -0.2) is 0 Å². The summed E-state index contributed by atoms with van der Waals surface area (Å²) < 4.78 is 2.08. The van der Waals surface area contributed by atoms with E-state index in [1.54, 1.807) is 6.33 Å². The molecule has 0 saturated carbocycles. The van der Waals surface area contributed by atoms with Gasteiger partial charge in [0.1, 0.15) is 12.2 Å². The fourth-order valence-corrected chi connectivity index (χ4v) is 2.58. The number of aromatic nitrogens is 3. The van der Waals surface area contributed by atoms with Crippen molar-refractivity contribution in [2.45, 2.75) is 66.3 Å². The van der Waals surface area contributed by atoms with Gasteiger partial charge in [0.2, 0.25) is 0 Å². The van der Waals surface area contributed by atoms with Crippen LogP contribution in [0.4, 0.5) is 0 Å². The Balaban J connectivity index is 0.00000625. The first-order valence-corrected chi connectivity index (χ1v) is 9.63. The van der Waals surface area contributed by atoms with E-state index in [0.29, 0.717) is 5.92 Å². The lowest BCUT2D eigenvalue weighted by atomic mass is 10.00. The second kappa shape index (κ2) is 15.0. The molecule has 0 amide bonds. The van der Waals surface area contributed by atoms with Crippen molar-refractivity contribution in [1.29, 1.82) is 0 Å².